The summed E-state index contributed by atoms with van der Waals surface area (Å²) in [4.78, 5) is 22.9. The van der Waals surface area contributed by atoms with Crippen LogP contribution in [0.4, 0.5) is 13.2 Å². The molecule has 3 heterocycles. The van der Waals surface area contributed by atoms with Gasteiger partial charge in [0.2, 0.25) is 5.88 Å². The van der Waals surface area contributed by atoms with Crippen molar-refractivity contribution in [2.75, 3.05) is 13.1 Å². The topological polar surface area (TPSA) is 67.4 Å². The molecule has 0 aliphatic carbocycles. The summed E-state index contributed by atoms with van der Waals surface area (Å²) in [7, 11) is 0. The largest absolute Gasteiger partial charge is 0.439 e. The number of ether oxygens (including phenoxy) is 1. The Hall–Kier alpha value is -3.20. The molecule has 31 heavy (non-hydrogen) atoms. The molecule has 2 atom stereocenters. The number of nitrogens with zero attached hydrogens (tertiary/aromatic N) is 3. The summed E-state index contributed by atoms with van der Waals surface area (Å²) in [5, 5.41) is 4.13. The highest BCUT2D eigenvalue weighted by Crippen LogP contribution is 2.30. The molecule has 4 rings (SSSR count). The standard InChI is InChI=1S/C22H21F3N4O2/c1-13-11-29(12-14(2)27-13)21(30)19-6-3-15-9-17(5-7-18(15)28-19)31-20-8-4-16(10-26-20)22(23,24)25/h3-10,13-14,27H,11-12H2,1-2H3. The molecular weight excluding hydrogens is 409 g/mol. The SMILES string of the molecule is CC1CN(C(=O)c2ccc3cc(Oc4ccc(C(F)(F)F)cn4)ccc3n2)CC(C)N1. The Balaban J connectivity index is 1.51. The summed E-state index contributed by atoms with van der Waals surface area (Å²) in [6.07, 6.45) is -3.72. The van der Waals surface area contributed by atoms with Crippen molar-refractivity contribution in [3.05, 3.63) is 59.9 Å². The van der Waals surface area contributed by atoms with Gasteiger partial charge in [0.05, 0.1) is 11.1 Å². The van der Waals surface area contributed by atoms with E-state index >= 15 is 0 Å². The third kappa shape index (κ3) is 4.77. The van der Waals surface area contributed by atoms with E-state index in [2.05, 4.69) is 15.3 Å². The van der Waals surface area contributed by atoms with E-state index in [9.17, 15) is 18.0 Å². The van der Waals surface area contributed by atoms with E-state index in [1.165, 1.54) is 6.07 Å². The first-order valence-corrected chi connectivity index (χ1v) is 9.86. The minimum absolute atomic E-state index is 0.0501. The van der Waals surface area contributed by atoms with E-state index < -0.39 is 11.7 Å². The van der Waals surface area contributed by atoms with Crippen LogP contribution in [0.25, 0.3) is 10.9 Å². The second-order valence-electron chi connectivity index (χ2n) is 7.71. The van der Waals surface area contributed by atoms with E-state index in [-0.39, 0.29) is 23.9 Å². The van der Waals surface area contributed by atoms with Crippen LogP contribution < -0.4 is 10.1 Å². The smallest absolute Gasteiger partial charge is 0.417 e. The predicted molar refractivity (Wildman–Crippen MR) is 109 cm³/mol. The van der Waals surface area contributed by atoms with Crippen LogP contribution in [0.2, 0.25) is 0 Å². The Morgan fingerprint density at radius 3 is 2.48 bits per heavy atom. The molecule has 1 amide bonds. The predicted octanol–water partition coefficient (Wildman–Crippen LogP) is 4.26. The average Bonchev–Trinajstić information content (AvgIpc) is 2.72. The molecule has 1 fully saturated rings. The molecule has 0 radical (unpaired) electrons. The number of pyridine rings is 2. The van der Waals surface area contributed by atoms with Crippen molar-refractivity contribution >= 4 is 16.8 Å². The minimum Gasteiger partial charge on any atom is -0.439 e. The molecule has 0 saturated carbocycles. The number of rotatable bonds is 3. The van der Waals surface area contributed by atoms with Crippen LogP contribution in [-0.2, 0) is 6.18 Å². The summed E-state index contributed by atoms with van der Waals surface area (Å²) >= 11 is 0. The number of piperazine rings is 1. The number of alkyl halides is 3. The van der Waals surface area contributed by atoms with Crippen molar-refractivity contribution < 1.29 is 22.7 Å². The third-order valence-electron chi connectivity index (χ3n) is 5.01. The maximum absolute atomic E-state index is 12.9. The van der Waals surface area contributed by atoms with E-state index in [0.717, 1.165) is 17.6 Å². The van der Waals surface area contributed by atoms with Gasteiger partial charge in [-0.2, -0.15) is 13.2 Å². The Bertz CT molecular complexity index is 1090. The van der Waals surface area contributed by atoms with Gasteiger partial charge in [-0.3, -0.25) is 4.79 Å². The molecule has 2 aromatic heterocycles. The van der Waals surface area contributed by atoms with Crippen LogP contribution in [0.15, 0.2) is 48.7 Å². The van der Waals surface area contributed by atoms with E-state index in [1.807, 2.05) is 13.8 Å². The highest BCUT2D eigenvalue weighted by atomic mass is 19.4. The molecule has 162 valence electrons. The van der Waals surface area contributed by atoms with Gasteiger partial charge in [0.15, 0.2) is 0 Å². The molecule has 2 unspecified atom stereocenters. The number of fused-ring (bicyclic) bond motifs is 1. The lowest BCUT2D eigenvalue weighted by Gasteiger charge is -2.36. The van der Waals surface area contributed by atoms with Gasteiger partial charge in [-0.15, -0.1) is 0 Å². The molecule has 0 bridgehead atoms. The lowest BCUT2D eigenvalue weighted by atomic mass is 10.1. The van der Waals surface area contributed by atoms with Crippen molar-refractivity contribution in [1.29, 1.82) is 0 Å². The summed E-state index contributed by atoms with van der Waals surface area (Å²) in [6.45, 7) is 5.32. The monoisotopic (exact) mass is 430 g/mol. The van der Waals surface area contributed by atoms with Gasteiger partial charge >= 0.3 is 6.18 Å². The second kappa shape index (κ2) is 8.14. The summed E-state index contributed by atoms with van der Waals surface area (Å²) in [5.41, 5.74) is 0.148. The summed E-state index contributed by atoms with van der Waals surface area (Å²) < 4.78 is 43.5. The number of carbonyl (C=O) groups excluding carboxylic acids is 1. The van der Waals surface area contributed by atoms with E-state index in [0.29, 0.717) is 30.0 Å². The van der Waals surface area contributed by atoms with Crippen molar-refractivity contribution in [1.82, 2.24) is 20.2 Å². The van der Waals surface area contributed by atoms with Gasteiger partial charge in [-0.05, 0) is 44.2 Å². The maximum Gasteiger partial charge on any atom is 0.417 e. The third-order valence-corrected chi connectivity index (χ3v) is 5.01. The normalized spacial score (nSPS) is 19.5. The van der Waals surface area contributed by atoms with Gasteiger partial charge < -0.3 is 15.0 Å². The summed E-state index contributed by atoms with van der Waals surface area (Å²) in [6, 6.07) is 11.0. The lowest BCUT2D eigenvalue weighted by Crippen LogP contribution is -2.55. The molecule has 1 aromatic carbocycles. The first-order valence-electron chi connectivity index (χ1n) is 9.86. The quantitative estimate of drug-likeness (QED) is 0.673. The Morgan fingerprint density at radius 1 is 1.10 bits per heavy atom. The van der Waals surface area contributed by atoms with Gasteiger partial charge in [0, 0.05) is 42.8 Å². The van der Waals surface area contributed by atoms with Gasteiger partial charge in [-0.1, -0.05) is 6.07 Å². The number of hydrogen-bond donors (Lipinski definition) is 1. The van der Waals surface area contributed by atoms with Crippen LogP contribution in [0, 0.1) is 0 Å². The maximum atomic E-state index is 12.9. The molecule has 1 aliphatic heterocycles. The minimum atomic E-state index is -4.45. The lowest BCUT2D eigenvalue weighted by molar-refractivity contribution is -0.137. The molecule has 1 N–H and O–H groups in total. The zero-order valence-electron chi connectivity index (χ0n) is 17.0. The van der Waals surface area contributed by atoms with Crippen molar-refractivity contribution in [2.45, 2.75) is 32.1 Å². The fourth-order valence-electron chi connectivity index (χ4n) is 3.67. The number of amides is 1. The van der Waals surface area contributed by atoms with Gasteiger partial charge in [-0.25, -0.2) is 9.97 Å². The molecular formula is C22H21F3N4O2. The van der Waals surface area contributed by atoms with Crippen LogP contribution in [0.3, 0.4) is 0 Å². The van der Waals surface area contributed by atoms with E-state index in [4.69, 9.17) is 4.74 Å². The number of carbonyl (C=O) groups is 1. The molecule has 3 aromatic rings. The van der Waals surface area contributed by atoms with Crippen LogP contribution in [0.1, 0.15) is 29.9 Å². The molecule has 9 heteroatoms. The van der Waals surface area contributed by atoms with Gasteiger partial charge in [0.1, 0.15) is 11.4 Å². The fourth-order valence-corrected chi connectivity index (χ4v) is 3.67. The Kier molecular flexibility index (Phi) is 5.53. The number of aromatic nitrogens is 2. The zero-order valence-corrected chi connectivity index (χ0v) is 17.0. The number of halogens is 3. The number of benzene rings is 1. The highest BCUT2D eigenvalue weighted by molar-refractivity contribution is 5.95. The van der Waals surface area contributed by atoms with Crippen molar-refractivity contribution in [2.24, 2.45) is 0 Å². The highest BCUT2D eigenvalue weighted by Gasteiger charge is 2.30. The van der Waals surface area contributed by atoms with Crippen LogP contribution in [-0.4, -0.2) is 45.9 Å². The molecule has 0 spiro atoms. The second-order valence-corrected chi connectivity index (χ2v) is 7.71. The zero-order chi connectivity index (χ0) is 22.2. The number of nitrogens with one attached hydrogen (secondary N) is 1. The first-order chi connectivity index (χ1) is 14.7. The first kappa shape index (κ1) is 21.0. The number of hydrogen-bond acceptors (Lipinski definition) is 5. The fraction of sp³-hybridized carbons (Fsp3) is 0.318. The molecule has 6 nitrogen and oxygen atoms in total. The van der Waals surface area contributed by atoms with Gasteiger partial charge in [0.25, 0.3) is 5.91 Å². The molecule has 1 aliphatic rings. The Morgan fingerprint density at radius 2 is 1.84 bits per heavy atom. The van der Waals surface area contributed by atoms with Crippen molar-refractivity contribution in [3.8, 4) is 11.6 Å². The van der Waals surface area contributed by atoms with Crippen molar-refractivity contribution in [3.63, 3.8) is 0 Å². The van der Waals surface area contributed by atoms with E-state index in [1.54, 1.807) is 35.2 Å². The average molecular weight is 430 g/mol. The molecule has 1 saturated heterocycles. The summed E-state index contributed by atoms with van der Waals surface area (Å²) in [5.74, 6) is 0.343. The van der Waals surface area contributed by atoms with Crippen LogP contribution in [0.5, 0.6) is 11.6 Å². The Labute approximate surface area is 177 Å². The van der Waals surface area contributed by atoms with Crippen LogP contribution >= 0.6 is 0 Å².